The van der Waals surface area contributed by atoms with Crippen molar-refractivity contribution in [3.63, 3.8) is 0 Å². The van der Waals surface area contributed by atoms with Gasteiger partial charge in [0, 0.05) is 13.1 Å². The normalized spacial score (nSPS) is 25.8. The lowest BCUT2D eigenvalue weighted by Crippen LogP contribution is -2.51. The van der Waals surface area contributed by atoms with Gasteiger partial charge in [0.1, 0.15) is 6.04 Å². The molecule has 1 amide bonds. The van der Waals surface area contributed by atoms with Crippen molar-refractivity contribution in [3.8, 4) is 0 Å². The van der Waals surface area contributed by atoms with Crippen LogP contribution >= 0.6 is 0 Å². The Morgan fingerprint density at radius 2 is 1.89 bits per heavy atom. The van der Waals surface area contributed by atoms with Gasteiger partial charge in [-0.05, 0) is 19.4 Å². The maximum atomic E-state index is 12.1. The van der Waals surface area contributed by atoms with E-state index in [0.717, 1.165) is 18.7 Å². The number of hydrogen-bond donors (Lipinski definition) is 2. The average Bonchev–Trinajstić information content (AvgIpc) is 2.39. The van der Waals surface area contributed by atoms with E-state index in [9.17, 15) is 4.79 Å². The molecule has 1 fully saturated rings. The molecule has 1 aromatic rings. The first-order valence-electron chi connectivity index (χ1n) is 6.56. The summed E-state index contributed by atoms with van der Waals surface area (Å²) in [5.41, 5.74) is 3.22. The number of amides is 1. The highest BCUT2D eigenvalue weighted by Gasteiger charge is 2.32. The lowest BCUT2D eigenvalue weighted by Gasteiger charge is -2.39. The third kappa shape index (κ3) is 3.32. The highest BCUT2D eigenvalue weighted by Crippen LogP contribution is 2.24. The van der Waals surface area contributed by atoms with Gasteiger partial charge in [-0.1, -0.05) is 30.3 Å². The Morgan fingerprint density at radius 1 is 1.32 bits per heavy atom. The minimum Gasteiger partial charge on any atom is -0.373 e. The van der Waals surface area contributed by atoms with E-state index in [1.807, 2.05) is 44.2 Å². The molecule has 0 spiro atoms. The molecule has 0 aliphatic carbocycles. The van der Waals surface area contributed by atoms with Crippen molar-refractivity contribution in [2.45, 2.75) is 32.1 Å². The van der Waals surface area contributed by atoms with Gasteiger partial charge in [-0.2, -0.15) is 0 Å². The Labute approximate surface area is 113 Å². The van der Waals surface area contributed by atoms with E-state index in [2.05, 4.69) is 10.3 Å². The second-order valence-electron chi connectivity index (χ2n) is 5.03. The Kier molecular flexibility index (Phi) is 4.52. The number of carbonyl (C=O) groups is 1. The van der Waals surface area contributed by atoms with Crippen LogP contribution in [0.3, 0.4) is 0 Å². The number of hydrogen-bond acceptors (Lipinski definition) is 4. The Balaban J connectivity index is 2.25. The fraction of sp³-hybridized carbons (Fsp3) is 0.500. The summed E-state index contributed by atoms with van der Waals surface area (Å²) in [4.78, 5) is 14.2. The predicted octanol–water partition coefficient (Wildman–Crippen LogP) is 0.827. The lowest BCUT2D eigenvalue weighted by atomic mass is 10.0. The van der Waals surface area contributed by atoms with Crippen LogP contribution in [0.5, 0.6) is 0 Å². The molecule has 0 bridgehead atoms. The van der Waals surface area contributed by atoms with Gasteiger partial charge in [0.15, 0.2) is 0 Å². The zero-order chi connectivity index (χ0) is 13.8. The number of carbonyl (C=O) groups excluding carboxylic acids is 1. The fourth-order valence-electron chi connectivity index (χ4n) is 2.67. The van der Waals surface area contributed by atoms with Crippen LogP contribution in [-0.4, -0.2) is 36.1 Å². The van der Waals surface area contributed by atoms with Gasteiger partial charge in [-0.25, -0.2) is 5.84 Å². The van der Waals surface area contributed by atoms with Crippen LogP contribution in [0, 0.1) is 0 Å². The van der Waals surface area contributed by atoms with Crippen molar-refractivity contribution in [1.82, 2.24) is 10.3 Å². The minimum atomic E-state index is -0.361. The summed E-state index contributed by atoms with van der Waals surface area (Å²) < 4.78 is 5.71. The van der Waals surface area contributed by atoms with Crippen LogP contribution in [0.15, 0.2) is 30.3 Å². The van der Waals surface area contributed by atoms with E-state index in [1.54, 1.807) is 0 Å². The smallest absolute Gasteiger partial charge is 0.255 e. The molecule has 0 aromatic heterocycles. The van der Waals surface area contributed by atoms with Crippen LogP contribution < -0.4 is 11.3 Å². The number of nitrogens with one attached hydrogen (secondary N) is 1. The van der Waals surface area contributed by atoms with Crippen molar-refractivity contribution in [3.05, 3.63) is 35.9 Å². The fourth-order valence-corrected chi connectivity index (χ4v) is 2.67. The van der Waals surface area contributed by atoms with E-state index < -0.39 is 0 Å². The summed E-state index contributed by atoms with van der Waals surface area (Å²) in [7, 11) is 0. The van der Waals surface area contributed by atoms with E-state index >= 15 is 0 Å². The molecule has 1 unspecified atom stereocenters. The molecule has 0 saturated carbocycles. The largest absolute Gasteiger partial charge is 0.373 e. The van der Waals surface area contributed by atoms with Crippen LogP contribution in [-0.2, 0) is 9.53 Å². The number of benzene rings is 1. The van der Waals surface area contributed by atoms with Crippen molar-refractivity contribution in [1.29, 1.82) is 0 Å². The second kappa shape index (κ2) is 6.14. The summed E-state index contributed by atoms with van der Waals surface area (Å²) >= 11 is 0. The second-order valence-corrected chi connectivity index (χ2v) is 5.03. The van der Waals surface area contributed by atoms with Crippen molar-refractivity contribution in [2.24, 2.45) is 5.84 Å². The van der Waals surface area contributed by atoms with E-state index in [1.165, 1.54) is 0 Å². The molecule has 1 aliphatic heterocycles. The lowest BCUT2D eigenvalue weighted by molar-refractivity contribution is -0.133. The van der Waals surface area contributed by atoms with Crippen molar-refractivity contribution in [2.75, 3.05) is 13.1 Å². The van der Waals surface area contributed by atoms with Gasteiger partial charge in [0.25, 0.3) is 5.91 Å². The Morgan fingerprint density at radius 3 is 2.42 bits per heavy atom. The molecule has 5 heteroatoms. The summed E-state index contributed by atoms with van der Waals surface area (Å²) in [6.07, 6.45) is 0.223. The molecule has 2 rings (SSSR count). The standard InChI is InChI=1S/C14H21N3O2/c1-10-8-17(9-11(2)19-10)13(14(18)16-15)12-6-4-3-5-7-12/h3-7,10-11,13H,8-9,15H2,1-2H3,(H,16,18)/t10-,11+,13?. The molecule has 3 atom stereocenters. The molecule has 3 N–H and O–H groups in total. The SMILES string of the molecule is C[C@@H]1CN(C(C(=O)NN)c2ccccc2)C[C@H](C)O1. The number of nitrogens with zero attached hydrogens (tertiary/aromatic N) is 1. The maximum absolute atomic E-state index is 12.1. The zero-order valence-corrected chi connectivity index (χ0v) is 11.4. The zero-order valence-electron chi connectivity index (χ0n) is 11.4. The third-order valence-corrected chi connectivity index (χ3v) is 3.32. The highest BCUT2D eigenvalue weighted by atomic mass is 16.5. The number of rotatable bonds is 3. The molecule has 19 heavy (non-hydrogen) atoms. The molecule has 1 heterocycles. The first kappa shape index (κ1) is 14.0. The molecule has 1 aromatic carbocycles. The average molecular weight is 263 g/mol. The van der Waals surface area contributed by atoms with Gasteiger partial charge in [-0.3, -0.25) is 15.1 Å². The van der Waals surface area contributed by atoms with Crippen LogP contribution in [0.25, 0.3) is 0 Å². The maximum Gasteiger partial charge on any atom is 0.255 e. The third-order valence-electron chi connectivity index (χ3n) is 3.32. The minimum absolute atomic E-state index is 0.112. The Bertz CT molecular complexity index is 414. The molecular formula is C14H21N3O2. The Hall–Kier alpha value is -1.43. The molecular weight excluding hydrogens is 242 g/mol. The molecule has 0 radical (unpaired) electrons. The number of ether oxygens (including phenoxy) is 1. The van der Waals surface area contributed by atoms with Gasteiger partial charge < -0.3 is 4.74 Å². The topological polar surface area (TPSA) is 67.6 Å². The van der Waals surface area contributed by atoms with E-state index in [4.69, 9.17) is 10.6 Å². The molecule has 104 valence electrons. The first-order chi connectivity index (χ1) is 9.11. The summed E-state index contributed by atoms with van der Waals surface area (Å²) in [6.45, 7) is 5.48. The predicted molar refractivity (Wildman–Crippen MR) is 73.1 cm³/mol. The number of morpholine rings is 1. The number of hydrazine groups is 1. The molecule has 5 nitrogen and oxygen atoms in total. The van der Waals surface area contributed by atoms with Gasteiger partial charge in [0.05, 0.1) is 12.2 Å². The molecule has 1 aliphatic rings. The van der Waals surface area contributed by atoms with Crippen LogP contribution in [0.2, 0.25) is 0 Å². The van der Waals surface area contributed by atoms with Crippen LogP contribution in [0.4, 0.5) is 0 Å². The van der Waals surface area contributed by atoms with E-state index in [-0.39, 0.29) is 24.2 Å². The summed E-state index contributed by atoms with van der Waals surface area (Å²) in [5.74, 6) is 5.14. The first-order valence-corrected chi connectivity index (χ1v) is 6.56. The van der Waals surface area contributed by atoms with Gasteiger partial charge >= 0.3 is 0 Å². The number of nitrogens with two attached hydrogens (primary N) is 1. The summed E-state index contributed by atoms with van der Waals surface area (Å²) in [6, 6.07) is 9.33. The van der Waals surface area contributed by atoms with Gasteiger partial charge in [0.2, 0.25) is 0 Å². The quantitative estimate of drug-likeness (QED) is 0.481. The van der Waals surface area contributed by atoms with Gasteiger partial charge in [-0.15, -0.1) is 0 Å². The van der Waals surface area contributed by atoms with Crippen molar-refractivity contribution < 1.29 is 9.53 Å². The van der Waals surface area contributed by atoms with Crippen LogP contribution in [0.1, 0.15) is 25.5 Å². The highest BCUT2D eigenvalue weighted by molar-refractivity contribution is 5.82. The van der Waals surface area contributed by atoms with E-state index in [0.29, 0.717) is 0 Å². The monoisotopic (exact) mass is 263 g/mol. The summed E-state index contributed by atoms with van der Waals surface area (Å²) in [5, 5.41) is 0. The van der Waals surface area contributed by atoms with Crippen molar-refractivity contribution >= 4 is 5.91 Å². The molecule has 1 saturated heterocycles.